The molecule has 0 unspecified atom stereocenters. The number of nitrogens with zero attached hydrogens (tertiary/aromatic N) is 4. The molecule has 0 spiro atoms. The highest BCUT2D eigenvalue weighted by Gasteiger charge is 2.31. The maximum Gasteiger partial charge on any atom is 0.573 e. The predicted molar refractivity (Wildman–Crippen MR) is 74.3 cm³/mol. The van der Waals surface area contributed by atoms with Crippen molar-refractivity contribution >= 4 is 5.91 Å². The van der Waals surface area contributed by atoms with Crippen LogP contribution in [-0.4, -0.2) is 39.0 Å². The lowest BCUT2D eigenvalue weighted by Gasteiger charge is -2.21. The van der Waals surface area contributed by atoms with Crippen LogP contribution < -0.4 is 4.74 Å². The highest BCUT2D eigenvalue weighted by Crippen LogP contribution is 2.23. The smallest absolute Gasteiger partial charge is 0.406 e. The number of carbonyl (C=O) groups excluding carboxylic acids is 1. The van der Waals surface area contributed by atoms with Gasteiger partial charge in [0.25, 0.3) is 0 Å². The van der Waals surface area contributed by atoms with Crippen molar-refractivity contribution in [2.75, 3.05) is 7.05 Å². The molecule has 0 N–H and O–H groups in total. The van der Waals surface area contributed by atoms with Crippen LogP contribution in [0.4, 0.5) is 13.2 Å². The Hall–Kier alpha value is -2.58. The molecule has 1 atom stereocenters. The van der Waals surface area contributed by atoms with Gasteiger partial charge in [-0.3, -0.25) is 4.79 Å². The summed E-state index contributed by atoms with van der Waals surface area (Å²) in [6.07, 6.45) is -1.94. The van der Waals surface area contributed by atoms with Crippen molar-refractivity contribution in [1.29, 1.82) is 0 Å². The predicted octanol–water partition coefficient (Wildman–Crippen LogP) is 2.40. The standard InChI is InChI=1S/C14H15F3N4O2/c1-10(21-9-18-8-19-21)13(22)20(2)7-11-3-5-12(6-4-11)23-14(15,16)17/h3-6,8-10H,7H2,1-2H3/t10-/m1/s1. The van der Waals surface area contributed by atoms with Crippen LogP contribution in [0.25, 0.3) is 0 Å². The molecule has 1 heterocycles. The molecular formula is C14H15F3N4O2. The fraction of sp³-hybridized carbons (Fsp3) is 0.357. The first kappa shape index (κ1) is 16.8. The molecule has 1 aromatic carbocycles. The second-order valence-electron chi connectivity index (χ2n) is 4.94. The zero-order valence-corrected chi connectivity index (χ0v) is 12.5. The molecule has 0 aliphatic heterocycles. The van der Waals surface area contributed by atoms with Gasteiger partial charge in [-0.05, 0) is 24.6 Å². The molecule has 124 valence electrons. The van der Waals surface area contributed by atoms with Crippen LogP contribution in [0.1, 0.15) is 18.5 Å². The van der Waals surface area contributed by atoms with Gasteiger partial charge in [0, 0.05) is 13.6 Å². The summed E-state index contributed by atoms with van der Waals surface area (Å²) >= 11 is 0. The fourth-order valence-electron chi connectivity index (χ4n) is 2.00. The summed E-state index contributed by atoms with van der Waals surface area (Å²) < 4.78 is 41.5. The van der Waals surface area contributed by atoms with Gasteiger partial charge in [-0.1, -0.05) is 12.1 Å². The van der Waals surface area contributed by atoms with E-state index in [0.29, 0.717) is 5.56 Å². The molecule has 0 saturated carbocycles. The van der Waals surface area contributed by atoms with Gasteiger partial charge >= 0.3 is 6.36 Å². The number of ether oxygens (including phenoxy) is 1. The van der Waals surface area contributed by atoms with E-state index in [9.17, 15) is 18.0 Å². The van der Waals surface area contributed by atoms with E-state index in [4.69, 9.17) is 0 Å². The fourth-order valence-corrected chi connectivity index (χ4v) is 2.00. The summed E-state index contributed by atoms with van der Waals surface area (Å²) in [5.74, 6) is -0.489. The van der Waals surface area contributed by atoms with E-state index in [1.54, 1.807) is 14.0 Å². The van der Waals surface area contributed by atoms with Gasteiger partial charge in [-0.15, -0.1) is 13.2 Å². The molecule has 0 bridgehead atoms. The first-order valence-corrected chi connectivity index (χ1v) is 6.70. The Morgan fingerprint density at radius 2 is 2.00 bits per heavy atom. The van der Waals surface area contributed by atoms with E-state index in [-0.39, 0.29) is 18.2 Å². The number of alkyl halides is 3. The first-order valence-electron chi connectivity index (χ1n) is 6.70. The Balaban J connectivity index is 1.97. The van der Waals surface area contributed by atoms with Crippen LogP contribution >= 0.6 is 0 Å². The van der Waals surface area contributed by atoms with Gasteiger partial charge in [0.05, 0.1) is 0 Å². The largest absolute Gasteiger partial charge is 0.573 e. The second-order valence-corrected chi connectivity index (χ2v) is 4.94. The van der Waals surface area contributed by atoms with Crippen molar-refractivity contribution in [2.45, 2.75) is 25.9 Å². The molecule has 9 heteroatoms. The third-order valence-electron chi connectivity index (χ3n) is 3.14. The van der Waals surface area contributed by atoms with Crippen LogP contribution in [0.5, 0.6) is 5.75 Å². The minimum atomic E-state index is -4.72. The Kier molecular flexibility index (Phi) is 4.87. The summed E-state index contributed by atoms with van der Waals surface area (Å²) in [7, 11) is 1.61. The highest BCUT2D eigenvalue weighted by molar-refractivity contribution is 5.79. The van der Waals surface area contributed by atoms with E-state index >= 15 is 0 Å². The lowest BCUT2D eigenvalue weighted by Crippen LogP contribution is -2.33. The molecule has 0 fully saturated rings. The van der Waals surface area contributed by atoms with Crippen molar-refractivity contribution in [3.8, 4) is 5.75 Å². The molecule has 0 aliphatic carbocycles. The van der Waals surface area contributed by atoms with Gasteiger partial charge in [0.1, 0.15) is 24.4 Å². The Morgan fingerprint density at radius 3 is 2.52 bits per heavy atom. The third-order valence-corrected chi connectivity index (χ3v) is 3.14. The first-order chi connectivity index (χ1) is 10.8. The van der Waals surface area contributed by atoms with E-state index in [0.717, 1.165) is 0 Å². The Bertz CT molecular complexity index is 641. The van der Waals surface area contributed by atoms with Crippen molar-refractivity contribution in [3.05, 3.63) is 42.5 Å². The highest BCUT2D eigenvalue weighted by atomic mass is 19.4. The van der Waals surface area contributed by atoms with Crippen molar-refractivity contribution in [2.24, 2.45) is 0 Å². The van der Waals surface area contributed by atoms with Crippen LogP contribution in [-0.2, 0) is 11.3 Å². The molecule has 0 saturated heterocycles. The number of amides is 1. The summed E-state index contributed by atoms with van der Waals surface area (Å²) in [5.41, 5.74) is 0.682. The van der Waals surface area contributed by atoms with Crippen LogP contribution in [0.15, 0.2) is 36.9 Å². The van der Waals surface area contributed by atoms with E-state index in [1.165, 1.54) is 46.5 Å². The summed E-state index contributed by atoms with van der Waals surface area (Å²) in [6.45, 7) is 1.94. The lowest BCUT2D eigenvalue weighted by molar-refractivity contribution is -0.274. The number of carbonyl (C=O) groups is 1. The summed E-state index contributed by atoms with van der Waals surface area (Å²) in [5, 5.41) is 3.91. The minimum Gasteiger partial charge on any atom is -0.406 e. The number of hydrogen-bond acceptors (Lipinski definition) is 4. The molecular weight excluding hydrogens is 313 g/mol. The Morgan fingerprint density at radius 1 is 1.35 bits per heavy atom. The monoisotopic (exact) mass is 328 g/mol. The quantitative estimate of drug-likeness (QED) is 0.846. The number of aromatic nitrogens is 3. The molecule has 23 heavy (non-hydrogen) atoms. The van der Waals surface area contributed by atoms with Gasteiger partial charge in [0.15, 0.2) is 0 Å². The van der Waals surface area contributed by atoms with Gasteiger partial charge in [0.2, 0.25) is 5.91 Å². The minimum absolute atomic E-state index is 0.189. The zero-order chi connectivity index (χ0) is 17.0. The maximum atomic E-state index is 12.3. The number of halogens is 3. The van der Waals surface area contributed by atoms with Gasteiger partial charge in [-0.25, -0.2) is 9.67 Å². The van der Waals surface area contributed by atoms with Crippen LogP contribution in [0, 0.1) is 0 Å². The lowest BCUT2D eigenvalue weighted by atomic mass is 10.2. The van der Waals surface area contributed by atoms with E-state index < -0.39 is 12.4 Å². The summed E-state index contributed by atoms with van der Waals surface area (Å²) in [4.78, 5) is 17.5. The summed E-state index contributed by atoms with van der Waals surface area (Å²) in [6, 6.07) is 4.86. The average molecular weight is 328 g/mol. The molecule has 0 aliphatic rings. The molecule has 1 aromatic heterocycles. The van der Waals surface area contributed by atoms with E-state index in [2.05, 4.69) is 14.8 Å². The number of benzene rings is 1. The average Bonchev–Trinajstić information content (AvgIpc) is 3.00. The molecule has 2 aromatic rings. The molecule has 2 rings (SSSR count). The van der Waals surface area contributed by atoms with Crippen molar-refractivity contribution in [1.82, 2.24) is 19.7 Å². The normalized spacial score (nSPS) is 12.7. The van der Waals surface area contributed by atoms with E-state index in [1.807, 2.05) is 0 Å². The van der Waals surface area contributed by atoms with Crippen LogP contribution in [0.2, 0.25) is 0 Å². The number of likely N-dealkylation sites (N-methyl/N-ethyl adjacent to an activating group) is 1. The maximum absolute atomic E-state index is 12.3. The van der Waals surface area contributed by atoms with Gasteiger partial charge in [-0.2, -0.15) is 5.10 Å². The third kappa shape index (κ3) is 4.70. The molecule has 6 nitrogen and oxygen atoms in total. The number of rotatable bonds is 5. The molecule has 1 amide bonds. The van der Waals surface area contributed by atoms with Crippen LogP contribution in [0.3, 0.4) is 0 Å². The topological polar surface area (TPSA) is 60.2 Å². The Labute approximate surface area is 130 Å². The SMILES string of the molecule is C[C@H](C(=O)N(C)Cc1ccc(OC(F)(F)F)cc1)n1cncn1. The zero-order valence-electron chi connectivity index (χ0n) is 12.5. The van der Waals surface area contributed by atoms with Crippen molar-refractivity contribution < 1.29 is 22.7 Å². The van der Waals surface area contributed by atoms with Crippen molar-refractivity contribution in [3.63, 3.8) is 0 Å². The second kappa shape index (κ2) is 6.67. The molecule has 0 radical (unpaired) electrons. The number of hydrogen-bond donors (Lipinski definition) is 0. The van der Waals surface area contributed by atoms with Gasteiger partial charge < -0.3 is 9.64 Å².